The lowest BCUT2D eigenvalue weighted by atomic mass is 10.2. The van der Waals surface area contributed by atoms with Crippen molar-refractivity contribution in [3.8, 4) is 11.3 Å². The summed E-state index contributed by atoms with van der Waals surface area (Å²) in [5.41, 5.74) is 1.49. The van der Waals surface area contributed by atoms with Crippen LogP contribution < -0.4 is 5.32 Å². The van der Waals surface area contributed by atoms with E-state index in [9.17, 15) is 4.79 Å². The Morgan fingerprint density at radius 1 is 1.53 bits per heavy atom. The number of aromatic nitrogens is 2. The van der Waals surface area contributed by atoms with Crippen molar-refractivity contribution in [1.82, 2.24) is 9.97 Å². The van der Waals surface area contributed by atoms with Crippen LogP contribution in [0.5, 0.6) is 0 Å². The molecule has 1 atom stereocenters. The SMILES string of the molecule is CC(Nc1cc(-c2ccoc2)ncn1)C(=O)O. The van der Waals surface area contributed by atoms with Crippen molar-refractivity contribution in [2.45, 2.75) is 13.0 Å². The molecule has 6 heteroatoms. The normalized spacial score (nSPS) is 12.1. The molecule has 0 spiro atoms. The van der Waals surface area contributed by atoms with E-state index < -0.39 is 12.0 Å². The third-order valence-electron chi connectivity index (χ3n) is 2.22. The highest BCUT2D eigenvalue weighted by Crippen LogP contribution is 2.19. The molecule has 0 aliphatic carbocycles. The number of hydrogen-bond donors (Lipinski definition) is 2. The van der Waals surface area contributed by atoms with Crippen LogP contribution in [0.15, 0.2) is 35.4 Å². The summed E-state index contributed by atoms with van der Waals surface area (Å²) < 4.78 is 4.95. The Hall–Kier alpha value is -2.37. The van der Waals surface area contributed by atoms with Crippen LogP contribution in [-0.2, 0) is 4.79 Å². The maximum absolute atomic E-state index is 10.7. The Kier molecular flexibility index (Phi) is 3.04. The average molecular weight is 233 g/mol. The highest BCUT2D eigenvalue weighted by molar-refractivity contribution is 5.76. The first kappa shape index (κ1) is 11.1. The van der Waals surface area contributed by atoms with Gasteiger partial charge in [-0.15, -0.1) is 0 Å². The van der Waals surface area contributed by atoms with E-state index in [1.165, 1.54) is 6.33 Å². The van der Waals surface area contributed by atoms with Gasteiger partial charge in [0.15, 0.2) is 0 Å². The summed E-state index contributed by atoms with van der Waals surface area (Å²) in [7, 11) is 0. The molecule has 1 unspecified atom stereocenters. The lowest BCUT2D eigenvalue weighted by Crippen LogP contribution is -2.25. The second-order valence-corrected chi connectivity index (χ2v) is 3.50. The topological polar surface area (TPSA) is 88.3 Å². The van der Waals surface area contributed by atoms with Gasteiger partial charge in [-0.2, -0.15) is 0 Å². The van der Waals surface area contributed by atoms with Gasteiger partial charge in [0, 0.05) is 11.6 Å². The second-order valence-electron chi connectivity index (χ2n) is 3.50. The minimum absolute atomic E-state index is 0.464. The molecule has 6 nitrogen and oxygen atoms in total. The number of rotatable bonds is 4. The van der Waals surface area contributed by atoms with Crippen LogP contribution in [0.2, 0.25) is 0 Å². The number of hydrogen-bond acceptors (Lipinski definition) is 5. The lowest BCUT2D eigenvalue weighted by molar-refractivity contribution is -0.137. The van der Waals surface area contributed by atoms with Gasteiger partial charge in [-0.25, -0.2) is 9.97 Å². The molecular formula is C11H11N3O3. The highest BCUT2D eigenvalue weighted by Gasteiger charge is 2.11. The third kappa shape index (κ3) is 2.60. The molecule has 0 amide bonds. The number of carboxylic acid groups (broad SMARTS) is 1. The zero-order valence-corrected chi connectivity index (χ0v) is 9.12. The quantitative estimate of drug-likeness (QED) is 0.834. The Morgan fingerprint density at radius 3 is 3.00 bits per heavy atom. The molecule has 2 rings (SSSR count). The van der Waals surface area contributed by atoms with Crippen LogP contribution in [0.4, 0.5) is 5.82 Å². The van der Waals surface area contributed by atoms with Gasteiger partial charge in [-0.1, -0.05) is 0 Å². The molecular weight excluding hydrogens is 222 g/mol. The van der Waals surface area contributed by atoms with E-state index in [1.54, 1.807) is 31.6 Å². The molecule has 0 aromatic carbocycles. The molecule has 17 heavy (non-hydrogen) atoms. The van der Waals surface area contributed by atoms with E-state index >= 15 is 0 Å². The molecule has 0 bridgehead atoms. The van der Waals surface area contributed by atoms with E-state index in [0.717, 1.165) is 5.56 Å². The molecule has 88 valence electrons. The van der Waals surface area contributed by atoms with Crippen molar-refractivity contribution >= 4 is 11.8 Å². The van der Waals surface area contributed by atoms with E-state index in [-0.39, 0.29) is 0 Å². The average Bonchev–Trinajstić information content (AvgIpc) is 2.82. The maximum atomic E-state index is 10.7. The van der Waals surface area contributed by atoms with E-state index in [1.807, 2.05) is 0 Å². The van der Waals surface area contributed by atoms with Gasteiger partial charge in [0.05, 0.1) is 18.2 Å². The molecule has 0 saturated carbocycles. The maximum Gasteiger partial charge on any atom is 0.325 e. The van der Waals surface area contributed by atoms with E-state index in [0.29, 0.717) is 11.5 Å². The minimum Gasteiger partial charge on any atom is -0.480 e. The number of carbonyl (C=O) groups is 1. The van der Waals surface area contributed by atoms with Crippen molar-refractivity contribution in [2.24, 2.45) is 0 Å². The lowest BCUT2D eigenvalue weighted by Gasteiger charge is -2.09. The Balaban J connectivity index is 2.20. The van der Waals surface area contributed by atoms with Gasteiger partial charge in [0.1, 0.15) is 18.2 Å². The summed E-state index contributed by atoms with van der Waals surface area (Å²) in [6, 6.07) is 2.74. The van der Waals surface area contributed by atoms with Crippen LogP contribution in [0.25, 0.3) is 11.3 Å². The number of nitrogens with one attached hydrogen (secondary N) is 1. The molecule has 2 aromatic heterocycles. The Bertz CT molecular complexity index is 510. The summed E-state index contributed by atoms with van der Waals surface area (Å²) in [4.78, 5) is 18.7. The van der Waals surface area contributed by atoms with Crippen molar-refractivity contribution < 1.29 is 14.3 Å². The van der Waals surface area contributed by atoms with Gasteiger partial charge < -0.3 is 14.8 Å². The molecule has 2 aromatic rings. The van der Waals surface area contributed by atoms with Crippen molar-refractivity contribution in [3.63, 3.8) is 0 Å². The van der Waals surface area contributed by atoms with E-state index in [2.05, 4.69) is 15.3 Å². The smallest absolute Gasteiger partial charge is 0.325 e. The predicted molar refractivity (Wildman–Crippen MR) is 60.5 cm³/mol. The van der Waals surface area contributed by atoms with Crippen molar-refractivity contribution in [2.75, 3.05) is 5.32 Å². The van der Waals surface area contributed by atoms with E-state index in [4.69, 9.17) is 9.52 Å². The largest absolute Gasteiger partial charge is 0.480 e. The number of nitrogens with zero attached hydrogens (tertiary/aromatic N) is 2. The monoisotopic (exact) mass is 233 g/mol. The predicted octanol–water partition coefficient (Wildman–Crippen LogP) is 1.62. The number of carboxylic acids is 1. The van der Waals surface area contributed by atoms with Crippen LogP contribution in [-0.4, -0.2) is 27.1 Å². The second kappa shape index (κ2) is 4.65. The van der Waals surface area contributed by atoms with Gasteiger partial charge in [0.2, 0.25) is 0 Å². The standard InChI is InChI=1S/C11H11N3O3/c1-7(11(15)16)14-10-4-9(12-6-13-10)8-2-3-17-5-8/h2-7H,1H3,(H,15,16)(H,12,13,14). The summed E-state index contributed by atoms with van der Waals surface area (Å²) in [5.74, 6) is -0.473. The number of anilines is 1. The zero-order valence-electron chi connectivity index (χ0n) is 9.12. The molecule has 2 heterocycles. The third-order valence-corrected chi connectivity index (χ3v) is 2.22. The number of furan rings is 1. The molecule has 0 saturated heterocycles. The zero-order chi connectivity index (χ0) is 12.3. The fraction of sp³-hybridized carbons (Fsp3) is 0.182. The number of aliphatic carboxylic acids is 1. The highest BCUT2D eigenvalue weighted by atomic mass is 16.4. The molecule has 0 fully saturated rings. The van der Waals surface area contributed by atoms with Crippen LogP contribution in [0.1, 0.15) is 6.92 Å². The molecule has 0 aliphatic heterocycles. The van der Waals surface area contributed by atoms with Crippen LogP contribution in [0, 0.1) is 0 Å². The van der Waals surface area contributed by atoms with Gasteiger partial charge in [0.25, 0.3) is 0 Å². The summed E-state index contributed by atoms with van der Waals surface area (Å²) in [5, 5.41) is 11.5. The van der Waals surface area contributed by atoms with Gasteiger partial charge in [-0.3, -0.25) is 4.79 Å². The summed E-state index contributed by atoms with van der Waals surface area (Å²) >= 11 is 0. The van der Waals surface area contributed by atoms with Crippen LogP contribution >= 0.6 is 0 Å². The summed E-state index contributed by atoms with van der Waals surface area (Å²) in [6.07, 6.45) is 4.48. The van der Waals surface area contributed by atoms with Crippen LogP contribution in [0.3, 0.4) is 0 Å². The molecule has 0 aliphatic rings. The van der Waals surface area contributed by atoms with Gasteiger partial charge in [-0.05, 0) is 13.0 Å². The fourth-order valence-electron chi connectivity index (χ4n) is 1.29. The molecule has 2 N–H and O–H groups in total. The fourth-order valence-corrected chi connectivity index (χ4v) is 1.29. The molecule has 0 radical (unpaired) electrons. The minimum atomic E-state index is -0.937. The first-order valence-electron chi connectivity index (χ1n) is 5.01. The summed E-state index contributed by atoms with van der Waals surface area (Å²) in [6.45, 7) is 1.54. The van der Waals surface area contributed by atoms with Crippen molar-refractivity contribution in [1.29, 1.82) is 0 Å². The Labute approximate surface area is 97.3 Å². The Morgan fingerprint density at radius 2 is 2.35 bits per heavy atom. The first-order chi connectivity index (χ1) is 8.16. The first-order valence-corrected chi connectivity index (χ1v) is 5.01. The van der Waals surface area contributed by atoms with Crippen molar-refractivity contribution in [3.05, 3.63) is 31.0 Å². The van der Waals surface area contributed by atoms with Gasteiger partial charge >= 0.3 is 5.97 Å².